The number of nitrogens with two attached hydrogens (primary N) is 1. The van der Waals surface area contributed by atoms with Gasteiger partial charge in [0.25, 0.3) is 0 Å². The minimum atomic E-state index is -5.16. The van der Waals surface area contributed by atoms with Crippen molar-refractivity contribution < 1.29 is 63.3 Å². The number of benzene rings is 3. The van der Waals surface area contributed by atoms with Crippen molar-refractivity contribution in [2.45, 2.75) is 57.0 Å². The molecule has 0 aromatic heterocycles. The van der Waals surface area contributed by atoms with Gasteiger partial charge in [0.1, 0.15) is 17.6 Å². The topological polar surface area (TPSA) is 91.1 Å². The summed E-state index contributed by atoms with van der Waals surface area (Å²) in [7, 11) is 1.31. The number of hydrogen-bond donors (Lipinski definition) is 1. The standard InChI is InChI=1S/C31H27F9N2O5/c1-16-27(17-10-20(30(35,36)37)13-21(11-17)31(38,39)40)47-28(44)42(16)15-18-12-19(29(32,33)34)5-7-23(18)24-14-22(6-8-25(24)45-2)46-9-3-4-26(41)43/h5-8,10-14,16,27H,3-4,9,15H2,1-2H3,(H2,41,43)/t16-,27-/m0/s1. The monoisotopic (exact) mass is 678 g/mol. The SMILES string of the molecule is COc1ccc(OCCCC(N)=O)cc1-c1ccc(C(F)(F)F)cc1CN1C(=O)O[C@H](c2cc(C(F)(F)F)cc(C(F)(F)F)c2)[C@@H]1C. The molecule has 7 nitrogen and oxygen atoms in total. The molecule has 0 aliphatic carbocycles. The molecule has 254 valence electrons. The predicted molar refractivity (Wildman–Crippen MR) is 148 cm³/mol. The molecule has 0 spiro atoms. The zero-order valence-corrected chi connectivity index (χ0v) is 24.6. The highest BCUT2D eigenvalue weighted by Gasteiger charge is 2.44. The fraction of sp³-hybridized carbons (Fsp3) is 0.355. The molecular formula is C31H27F9N2O5. The minimum Gasteiger partial charge on any atom is -0.496 e. The molecule has 2 amide bonds. The minimum absolute atomic E-state index is 0.0508. The third-order valence-electron chi connectivity index (χ3n) is 7.40. The van der Waals surface area contributed by atoms with Crippen LogP contribution in [-0.2, 0) is 34.6 Å². The number of halogens is 9. The molecule has 3 aromatic rings. The van der Waals surface area contributed by atoms with Gasteiger partial charge >= 0.3 is 24.6 Å². The van der Waals surface area contributed by atoms with E-state index in [9.17, 15) is 49.1 Å². The van der Waals surface area contributed by atoms with Gasteiger partial charge in [-0.15, -0.1) is 0 Å². The maximum Gasteiger partial charge on any atom is 0.416 e. The Morgan fingerprint density at radius 1 is 0.851 bits per heavy atom. The van der Waals surface area contributed by atoms with E-state index in [0.29, 0.717) is 12.1 Å². The van der Waals surface area contributed by atoms with Crippen molar-refractivity contribution in [2.75, 3.05) is 13.7 Å². The maximum atomic E-state index is 13.8. The summed E-state index contributed by atoms with van der Waals surface area (Å²) in [6.45, 7) is 0.796. The number of carbonyl (C=O) groups excluding carboxylic acids is 2. The van der Waals surface area contributed by atoms with Crippen molar-refractivity contribution in [1.82, 2.24) is 4.90 Å². The van der Waals surface area contributed by atoms with Gasteiger partial charge in [0, 0.05) is 12.0 Å². The van der Waals surface area contributed by atoms with Crippen molar-refractivity contribution in [1.29, 1.82) is 0 Å². The van der Waals surface area contributed by atoms with Gasteiger partial charge in [0.2, 0.25) is 5.91 Å². The molecule has 2 atom stereocenters. The van der Waals surface area contributed by atoms with Crippen LogP contribution in [-0.4, -0.2) is 36.7 Å². The third-order valence-corrected chi connectivity index (χ3v) is 7.40. The zero-order valence-electron chi connectivity index (χ0n) is 24.6. The molecule has 3 aromatic carbocycles. The van der Waals surface area contributed by atoms with Gasteiger partial charge in [-0.3, -0.25) is 9.69 Å². The number of nitrogens with zero attached hydrogens (tertiary/aromatic N) is 1. The normalized spacial score (nSPS) is 17.1. The summed E-state index contributed by atoms with van der Waals surface area (Å²) in [6.07, 6.45) is -17.6. The Hall–Kier alpha value is -4.63. The molecule has 1 aliphatic rings. The highest BCUT2D eigenvalue weighted by Crippen LogP contribution is 2.43. The smallest absolute Gasteiger partial charge is 0.416 e. The average Bonchev–Trinajstić information content (AvgIpc) is 3.26. The Labute approximate surface area is 262 Å². The molecule has 47 heavy (non-hydrogen) atoms. The van der Waals surface area contributed by atoms with Crippen LogP contribution in [0.15, 0.2) is 54.6 Å². The molecule has 1 aliphatic heterocycles. The highest BCUT2D eigenvalue weighted by molar-refractivity contribution is 5.77. The first-order chi connectivity index (χ1) is 21.8. The Morgan fingerprint density at radius 3 is 2.02 bits per heavy atom. The first-order valence-electron chi connectivity index (χ1n) is 13.9. The van der Waals surface area contributed by atoms with Gasteiger partial charge in [0.05, 0.1) is 43.0 Å². The van der Waals surface area contributed by atoms with Crippen molar-refractivity contribution in [2.24, 2.45) is 5.73 Å². The number of hydrogen-bond acceptors (Lipinski definition) is 5. The number of rotatable bonds is 10. The summed E-state index contributed by atoms with van der Waals surface area (Å²) in [5.74, 6) is -0.0756. The number of cyclic esters (lactones) is 1. The molecule has 2 N–H and O–H groups in total. The van der Waals surface area contributed by atoms with Crippen molar-refractivity contribution >= 4 is 12.0 Å². The third kappa shape index (κ3) is 8.21. The summed E-state index contributed by atoms with van der Waals surface area (Å²) in [6, 6.07) is 6.76. The lowest BCUT2D eigenvalue weighted by molar-refractivity contribution is -0.143. The van der Waals surface area contributed by atoms with Crippen LogP contribution in [0.25, 0.3) is 11.1 Å². The van der Waals surface area contributed by atoms with Crippen LogP contribution in [0.1, 0.15) is 53.7 Å². The van der Waals surface area contributed by atoms with E-state index in [1.54, 1.807) is 0 Å². The van der Waals surface area contributed by atoms with Gasteiger partial charge in [-0.1, -0.05) is 6.07 Å². The quantitative estimate of drug-likeness (QED) is 0.173. The van der Waals surface area contributed by atoms with Crippen LogP contribution in [0.4, 0.5) is 44.3 Å². The van der Waals surface area contributed by atoms with Crippen molar-refractivity contribution in [3.63, 3.8) is 0 Å². The maximum absolute atomic E-state index is 13.8. The van der Waals surface area contributed by atoms with Crippen molar-refractivity contribution in [3.05, 3.63) is 82.4 Å². The lowest BCUT2D eigenvalue weighted by atomic mass is 9.94. The second-order valence-corrected chi connectivity index (χ2v) is 10.7. The Bertz CT molecular complexity index is 1600. The first kappa shape index (κ1) is 35.2. The average molecular weight is 679 g/mol. The second-order valence-electron chi connectivity index (χ2n) is 10.7. The Morgan fingerprint density at radius 2 is 1.47 bits per heavy atom. The van der Waals surface area contributed by atoms with Gasteiger partial charge < -0.3 is 19.9 Å². The molecule has 0 saturated carbocycles. The van der Waals surface area contributed by atoms with E-state index in [1.807, 2.05) is 0 Å². The molecule has 0 radical (unpaired) electrons. The van der Waals surface area contributed by atoms with Crippen LogP contribution >= 0.6 is 0 Å². The fourth-order valence-electron chi connectivity index (χ4n) is 5.07. The summed E-state index contributed by atoms with van der Waals surface area (Å²) in [5.41, 5.74) is 0.519. The summed E-state index contributed by atoms with van der Waals surface area (Å²) >= 11 is 0. The van der Waals surface area contributed by atoms with Gasteiger partial charge in [0.15, 0.2) is 0 Å². The highest BCUT2D eigenvalue weighted by atomic mass is 19.4. The van der Waals surface area contributed by atoms with E-state index >= 15 is 0 Å². The second kappa shape index (κ2) is 13.2. The summed E-state index contributed by atoms with van der Waals surface area (Å²) in [5, 5.41) is 0. The van der Waals surface area contributed by atoms with Gasteiger partial charge in [-0.2, -0.15) is 39.5 Å². The Balaban J connectivity index is 1.74. The molecule has 0 unspecified atom stereocenters. The number of methoxy groups -OCH3 is 1. The van der Waals surface area contributed by atoms with Crippen LogP contribution in [0, 0.1) is 0 Å². The van der Waals surface area contributed by atoms with E-state index < -0.39 is 71.5 Å². The van der Waals surface area contributed by atoms with E-state index in [4.69, 9.17) is 19.9 Å². The molecule has 4 rings (SSSR count). The van der Waals surface area contributed by atoms with Gasteiger partial charge in [-0.25, -0.2) is 4.79 Å². The zero-order chi connectivity index (χ0) is 34.9. The Kier molecular flexibility index (Phi) is 9.92. The predicted octanol–water partition coefficient (Wildman–Crippen LogP) is 8.14. The molecule has 0 bridgehead atoms. The molecule has 1 saturated heterocycles. The summed E-state index contributed by atoms with van der Waals surface area (Å²) in [4.78, 5) is 24.9. The number of amides is 2. The van der Waals surface area contributed by atoms with E-state index in [-0.39, 0.29) is 53.7 Å². The van der Waals surface area contributed by atoms with E-state index in [1.165, 1.54) is 32.2 Å². The lowest BCUT2D eigenvalue weighted by Gasteiger charge is -2.24. The lowest BCUT2D eigenvalue weighted by Crippen LogP contribution is -2.32. The number of carbonyl (C=O) groups is 2. The van der Waals surface area contributed by atoms with Crippen LogP contribution in [0.5, 0.6) is 11.5 Å². The molecule has 1 fully saturated rings. The summed E-state index contributed by atoms with van der Waals surface area (Å²) < 4.78 is 139. The van der Waals surface area contributed by atoms with Crippen molar-refractivity contribution in [3.8, 4) is 22.6 Å². The number of ether oxygens (including phenoxy) is 3. The fourth-order valence-corrected chi connectivity index (χ4v) is 5.07. The van der Waals surface area contributed by atoms with Gasteiger partial charge in [-0.05, 0) is 78.6 Å². The van der Waals surface area contributed by atoms with E-state index in [2.05, 4.69) is 0 Å². The number of alkyl halides is 9. The van der Waals surface area contributed by atoms with Crippen LogP contribution in [0.3, 0.4) is 0 Å². The molecular weight excluding hydrogens is 651 g/mol. The van der Waals surface area contributed by atoms with E-state index in [0.717, 1.165) is 23.1 Å². The molecule has 1 heterocycles. The van der Waals surface area contributed by atoms with Crippen LogP contribution in [0.2, 0.25) is 0 Å². The number of primary amides is 1. The largest absolute Gasteiger partial charge is 0.496 e. The molecule has 16 heteroatoms. The first-order valence-corrected chi connectivity index (χ1v) is 13.9. The van der Waals surface area contributed by atoms with Crippen LogP contribution < -0.4 is 15.2 Å².